The predicted octanol–water partition coefficient (Wildman–Crippen LogP) is 4.97. The van der Waals surface area contributed by atoms with Gasteiger partial charge in [0.05, 0.1) is 17.9 Å². The van der Waals surface area contributed by atoms with E-state index < -0.39 is 5.97 Å². The number of ether oxygens (including phenoxy) is 1. The largest absolute Gasteiger partial charge is 0.462 e. The maximum atomic E-state index is 13.1. The van der Waals surface area contributed by atoms with E-state index in [2.05, 4.69) is 22.4 Å². The lowest BCUT2D eigenvalue weighted by Crippen LogP contribution is -2.17. The van der Waals surface area contributed by atoms with E-state index in [0.717, 1.165) is 41.5 Å². The Morgan fingerprint density at radius 3 is 2.84 bits per heavy atom. The number of benzene rings is 1. The molecular formula is C22H22FN3O4S2. The Bertz CT molecular complexity index is 1130. The molecule has 7 nitrogen and oxygen atoms in total. The van der Waals surface area contributed by atoms with E-state index in [1.807, 2.05) is 0 Å². The summed E-state index contributed by atoms with van der Waals surface area (Å²) >= 11 is 2.54. The number of thiophene rings is 1. The highest BCUT2D eigenvalue weighted by atomic mass is 32.2. The molecule has 0 bridgehead atoms. The van der Waals surface area contributed by atoms with E-state index in [4.69, 9.17) is 9.15 Å². The van der Waals surface area contributed by atoms with Crippen LogP contribution < -0.4 is 5.32 Å². The molecule has 0 saturated heterocycles. The molecule has 168 valence electrons. The molecule has 4 rings (SSSR count). The van der Waals surface area contributed by atoms with Crippen molar-refractivity contribution in [3.63, 3.8) is 0 Å². The molecule has 10 heteroatoms. The average molecular weight is 476 g/mol. The maximum absolute atomic E-state index is 13.1. The van der Waals surface area contributed by atoms with Crippen molar-refractivity contribution in [1.29, 1.82) is 0 Å². The van der Waals surface area contributed by atoms with E-state index in [1.54, 1.807) is 19.1 Å². The Hall–Kier alpha value is -2.72. The van der Waals surface area contributed by atoms with Crippen LogP contribution in [0, 0.1) is 11.7 Å². The SMILES string of the molecule is CCOC(=O)c1c(NC(=O)CSc2nnc(-c3ccc(F)cc3)o2)sc2c1CCC(C)C2. The van der Waals surface area contributed by atoms with Gasteiger partial charge in [-0.2, -0.15) is 0 Å². The Morgan fingerprint density at radius 1 is 1.31 bits per heavy atom. The summed E-state index contributed by atoms with van der Waals surface area (Å²) in [6, 6.07) is 5.70. The zero-order valence-corrected chi connectivity index (χ0v) is 19.3. The fourth-order valence-corrected chi connectivity index (χ4v) is 5.50. The molecule has 32 heavy (non-hydrogen) atoms. The number of rotatable bonds is 7. The molecule has 3 aromatic rings. The maximum Gasteiger partial charge on any atom is 0.341 e. The van der Waals surface area contributed by atoms with E-state index in [-0.39, 0.29) is 35.2 Å². The number of amides is 1. The van der Waals surface area contributed by atoms with Gasteiger partial charge < -0.3 is 14.5 Å². The molecule has 1 aromatic carbocycles. The van der Waals surface area contributed by atoms with Gasteiger partial charge in [0, 0.05) is 10.4 Å². The summed E-state index contributed by atoms with van der Waals surface area (Å²) in [5.41, 5.74) is 2.07. The minimum absolute atomic E-state index is 0.0340. The molecular weight excluding hydrogens is 453 g/mol. The second kappa shape index (κ2) is 9.83. The highest BCUT2D eigenvalue weighted by Gasteiger charge is 2.29. The number of esters is 1. The number of carbonyl (C=O) groups is 2. The number of carbonyl (C=O) groups excluding carboxylic acids is 2. The minimum atomic E-state index is -0.400. The first kappa shape index (κ1) is 22.5. The molecule has 1 aliphatic rings. The van der Waals surface area contributed by atoms with Crippen LogP contribution in [0.25, 0.3) is 11.5 Å². The molecule has 1 aliphatic carbocycles. The number of fused-ring (bicyclic) bond motifs is 1. The van der Waals surface area contributed by atoms with Crippen LogP contribution in [-0.2, 0) is 22.4 Å². The first-order valence-corrected chi connectivity index (χ1v) is 12.1. The fraction of sp³-hybridized carbons (Fsp3) is 0.364. The summed E-state index contributed by atoms with van der Waals surface area (Å²) in [4.78, 5) is 26.3. The van der Waals surface area contributed by atoms with Gasteiger partial charge in [0.2, 0.25) is 11.8 Å². The zero-order valence-electron chi connectivity index (χ0n) is 17.6. The van der Waals surface area contributed by atoms with E-state index in [0.29, 0.717) is 22.0 Å². The monoisotopic (exact) mass is 475 g/mol. The number of hydrogen-bond acceptors (Lipinski definition) is 8. The van der Waals surface area contributed by atoms with Crippen LogP contribution in [0.4, 0.5) is 9.39 Å². The quantitative estimate of drug-likeness (QED) is 0.381. The number of anilines is 1. The van der Waals surface area contributed by atoms with Crippen LogP contribution in [0.3, 0.4) is 0 Å². The van der Waals surface area contributed by atoms with Crippen molar-refractivity contribution in [1.82, 2.24) is 10.2 Å². The Morgan fingerprint density at radius 2 is 2.09 bits per heavy atom. The minimum Gasteiger partial charge on any atom is -0.462 e. The number of nitrogens with one attached hydrogen (secondary N) is 1. The number of thioether (sulfide) groups is 1. The molecule has 0 saturated carbocycles. The van der Waals surface area contributed by atoms with Gasteiger partial charge in [0.25, 0.3) is 5.22 Å². The molecule has 1 N–H and O–H groups in total. The van der Waals surface area contributed by atoms with Crippen molar-refractivity contribution in [3.8, 4) is 11.5 Å². The third-order valence-electron chi connectivity index (χ3n) is 5.07. The van der Waals surface area contributed by atoms with Crippen molar-refractivity contribution in [2.75, 3.05) is 17.7 Å². The summed E-state index contributed by atoms with van der Waals surface area (Å²) in [5, 5.41) is 11.5. The molecule has 2 heterocycles. The topological polar surface area (TPSA) is 94.3 Å². The zero-order chi connectivity index (χ0) is 22.7. The third kappa shape index (κ3) is 5.02. The van der Waals surface area contributed by atoms with Crippen LogP contribution in [0.2, 0.25) is 0 Å². The third-order valence-corrected chi connectivity index (χ3v) is 7.06. The van der Waals surface area contributed by atoms with Gasteiger partial charge in [0.15, 0.2) is 0 Å². The Labute approximate surface area is 192 Å². The molecule has 0 spiro atoms. The van der Waals surface area contributed by atoms with Gasteiger partial charge >= 0.3 is 5.97 Å². The molecule has 0 aliphatic heterocycles. The highest BCUT2D eigenvalue weighted by Crippen LogP contribution is 2.40. The Kier molecular flexibility index (Phi) is 6.90. The van der Waals surface area contributed by atoms with E-state index >= 15 is 0 Å². The van der Waals surface area contributed by atoms with Gasteiger partial charge in [-0.25, -0.2) is 9.18 Å². The standard InChI is InChI=1S/C22H22FN3O4S2/c1-3-29-21(28)18-15-9-4-12(2)10-16(15)32-20(18)24-17(27)11-31-22-26-25-19(30-22)13-5-7-14(23)8-6-13/h5-8,12H,3-4,9-11H2,1-2H3,(H,24,27). The van der Waals surface area contributed by atoms with Crippen LogP contribution >= 0.6 is 23.1 Å². The van der Waals surface area contributed by atoms with Crippen LogP contribution in [-0.4, -0.2) is 34.4 Å². The van der Waals surface area contributed by atoms with Crippen LogP contribution in [0.5, 0.6) is 0 Å². The van der Waals surface area contributed by atoms with E-state index in [9.17, 15) is 14.0 Å². The highest BCUT2D eigenvalue weighted by molar-refractivity contribution is 7.99. The van der Waals surface area contributed by atoms with Gasteiger partial charge in [-0.1, -0.05) is 18.7 Å². The summed E-state index contributed by atoms with van der Waals surface area (Å²) in [5.74, 6) is -0.212. The molecule has 2 aromatic heterocycles. The summed E-state index contributed by atoms with van der Waals surface area (Å²) in [6.07, 6.45) is 2.71. The van der Waals surface area contributed by atoms with Crippen molar-refractivity contribution in [3.05, 3.63) is 46.1 Å². The normalized spacial score (nSPS) is 15.3. The van der Waals surface area contributed by atoms with Crippen LogP contribution in [0.1, 0.15) is 41.1 Å². The summed E-state index contributed by atoms with van der Waals surface area (Å²) < 4.78 is 23.9. The number of halogens is 1. The fourth-order valence-electron chi connectivity index (χ4n) is 3.53. The Balaban J connectivity index is 1.43. The summed E-state index contributed by atoms with van der Waals surface area (Å²) in [7, 11) is 0. The van der Waals surface area contributed by atoms with Crippen molar-refractivity contribution in [2.24, 2.45) is 5.92 Å². The smallest absolute Gasteiger partial charge is 0.341 e. The first-order valence-electron chi connectivity index (χ1n) is 10.3. The number of aromatic nitrogens is 2. The number of nitrogens with zero attached hydrogens (tertiary/aromatic N) is 2. The van der Waals surface area contributed by atoms with Crippen molar-refractivity contribution >= 4 is 40.0 Å². The van der Waals surface area contributed by atoms with Gasteiger partial charge in [0.1, 0.15) is 10.8 Å². The molecule has 1 atom stereocenters. The van der Waals surface area contributed by atoms with Crippen LogP contribution in [0.15, 0.2) is 33.9 Å². The predicted molar refractivity (Wildman–Crippen MR) is 121 cm³/mol. The lowest BCUT2D eigenvalue weighted by atomic mass is 9.88. The van der Waals surface area contributed by atoms with Crippen molar-refractivity contribution in [2.45, 2.75) is 38.3 Å². The van der Waals surface area contributed by atoms with Gasteiger partial charge in [-0.05, 0) is 61.9 Å². The second-order valence-electron chi connectivity index (χ2n) is 7.49. The first-order chi connectivity index (χ1) is 15.4. The van der Waals surface area contributed by atoms with Crippen molar-refractivity contribution < 1.29 is 23.1 Å². The van der Waals surface area contributed by atoms with Gasteiger partial charge in [-0.3, -0.25) is 4.79 Å². The summed E-state index contributed by atoms with van der Waals surface area (Å²) in [6.45, 7) is 4.22. The average Bonchev–Trinajstić information content (AvgIpc) is 3.37. The van der Waals surface area contributed by atoms with Gasteiger partial charge in [-0.15, -0.1) is 21.5 Å². The lowest BCUT2D eigenvalue weighted by Gasteiger charge is -2.18. The lowest BCUT2D eigenvalue weighted by molar-refractivity contribution is -0.113. The molecule has 0 radical (unpaired) electrons. The second-order valence-corrected chi connectivity index (χ2v) is 9.52. The molecule has 1 unspecified atom stereocenters. The number of hydrogen-bond donors (Lipinski definition) is 1. The van der Waals surface area contributed by atoms with E-state index in [1.165, 1.54) is 23.5 Å². The molecule has 0 fully saturated rings. The molecule has 1 amide bonds.